The number of hydrogen-bond acceptors (Lipinski definition) is 5. The van der Waals surface area contributed by atoms with Gasteiger partial charge in [-0.05, 0) is 61.1 Å². The molecule has 0 bridgehead atoms. The number of nitrogens with zero attached hydrogens (tertiary/aromatic N) is 1. The van der Waals surface area contributed by atoms with E-state index in [1.165, 1.54) is 6.07 Å². The third-order valence-corrected chi connectivity index (χ3v) is 5.12. The number of carbonyl (C=O) groups is 2. The van der Waals surface area contributed by atoms with Crippen molar-refractivity contribution in [2.45, 2.75) is 6.92 Å². The first kappa shape index (κ1) is 19.4. The van der Waals surface area contributed by atoms with Crippen LogP contribution in [0.25, 0.3) is 6.08 Å². The first-order chi connectivity index (χ1) is 13.0. The monoisotopic (exact) mass is 418 g/mol. The van der Waals surface area contributed by atoms with Crippen molar-refractivity contribution < 1.29 is 14.3 Å². The number of carbonyl (C=O) groups excluding carboxylic acids is 2. The number of benzene rings is 2. The Labute approximate surface area is 171 Å². The summed E-state index contributed by atoms with van der Waals surface area (Å²) in [7, 11) is 0. The Morgan fingerprint density at radius 1 is 1.30 bits per heavy atom. The highest BCUT2D eigenvalue weighted by atomic mass is 35.5. The molecule has 0 saturated carbocycles. The number of hydrogen-bond donors (Lipinski definition) is 1. The van der Waals surface area contributed by atoms with Gasteiger partial charge in [0.15, 0.2) is 4.32 Å². The molecule has 5 nitrogen and oxygen atoms in total. The lowest BCUT2D eigenvalue weighted by atomic mass is 10.2. The van der Waals surface area contributed by atoms with Crippen LogP contribution in [0.1, 0.15) is 22.8 Å². The average Bonchev–Trinajstić information content (AvgIpc) is 2.91. The van der Waals surface area contributed by atoms with E-state index >= 15 is 0 Å². The number of ether oxygens (including phenoxy) is 1. The van der Waals surface area contributed by atoms with Crippen molar-refractivity contribution in [3.8, 4) is 5.75 Å². The molecular formula is C19H15ClN2O3S2. The summed E-state index contributed by atoms with van der Waals surface area (Å²) >= 11 is 12.3. The van der Waals surface area contributed by atoms with Crippen LogP contribution >= 0.6 is 35.6 Å². The lowest BCUT2D eigenvalue weighted by Gasteiger charge is -2.15. The molecule has 3 rings (SSSR count). The molecule has 1 fully saturated rings. The maximum Gasteiger partial charge on any atom is 0.285 e. The summed E-state index contributed by atoms with van der Waals surface area (Å²) in [5.41, 5.74) is 3.70. The number of rotatable bonds is 5. The first-order valence-corrected chi connectivity index (χ1v) is 9.65. The second-order valence-corrected chi connectivity index (χ2v) is 7.58. The van der Waals surface area contributed by atoms with Gasteiger partial charge in [-0.25, -0.2) is 0 Å². The molecule has 8 heteroatoms. The fourth-order valence-corrected chi connectivity index (χ4v) is 3.71. The Morgan fingerprint density at radius 3 is 2.70 bits per heavy atom. The van der Waals surface area contributed by atoms with Gasteiger partial charge in [-0.1, -0.05) is 41.6 Å². The van der Waals surface area contributed by atoms with E-state index < -0.39 is 5.91 Å². The maximum absolute atomic E-state index is 12.6. The van der Waals surface area contributed by atoms with Gasteiger partial charge in [-0.3, -0.25) is 15.0 Å². The highest BCUT2D eigenvalue weighted by molar-refractivity contribution is 8.26. The minimum atomic E-state index is -0.462. The zero-order chi connectivity index (χ0) is 19.4. The fraction of sp³-hybridized carbons (Fsp3) is 0.105. The van der Waals surface area contributed by atoms with Crippen LogP contribution in [-0.2, 0) is 4.79 Å². The van der Waals surface area contributed by atoms with Crippen LogP contribution in [-0.4, -0.2) is 27.8 Å². The predicted molar refractivity (Wildman–Crippen MR) is 112 cm³/mol. The Hall–Kier alpha value is -2.35. The van der Waals surface area contributed by atoms with Crippen LogP contribution in [0.2, 0.25) is 5.02 Å². The molecule has 0 spiro atoms. The molecule has 138 valence electrons. The summed E-state index contributed by atoms with van der Waals surface area (Å²) in [5, 5.41) is 1.51. The van der Waals surface area contributed by atoms with Crippen LogP contribution in [0, 0.1) is 0 Å². The molecule has 1 saturated heterocycles. The number of thiocarbonyl (C=S) groups is 1. The van der Waals surface area contributed by atoms with E-state index in [0.717, 1.165) is 28.1 Å². The van der Waals surface area contributed by atoms with Crippen molar-refractivity contribution in [3.05, 3.63) is 69.6 Å². The van der Waals surface area contributed by atoms with Gasteiger partial charge in [0.2, 0.25) is 0 Å². The quantitative estimate of drug-likeness (QED) is 0.580. The number of thioether (sulfide) groups is 1. The summed E-state index contributed by atoms with van der Waals surface area (Å²) in [4.78, 5) is 25.4. The Morgan fingerprint density at radius 2 is 2.04 bits per heavy atom. The van der Waals surface area contributed by atoms with Crippen molar-refractivity contribution in [1.82, 2.24) is 10.4 Å². The van der Waals surface area contributed by atoms with Crippen LogP contribution < -0.4 is 10.2 Å². The van der Waals surface area contributed by atoms with E-state index in [0.29, 0.717) is 22.1 Å². The zero-order valence-corrected chi connectivity index (χ0v) is 16.7. The van der Waals surface area contributed by atoms with Gasteiger partial charge in [0.1, 0.15) is 5.75 Å². The third-order valence-electron chi connectivity index (χ3n) is 3.58. The molecule has 0 atom stereocenters. The van der Waals surface area contributed by atoms with Crippen molar-refractivity contribution >= 4 is 57.8 Å². The molecule has 2 amide bonds. The lowest BCUT2D eigenvalue weighted by molar-refractivity contribution is -0.123. The van der Waals surface area contributed by atoms with Gasteiger partial charge in [0, 0.05) is 10.6 Å². The summed E-state index contributed by atoms with van der Waals surface area (Å²) in [5.74, 6) is -0.0821. The Bertz CT molecular complexity index is 929. The average molecular weight is 419 g/mol. The number of halogens is 1. The highest BCUT2D eigenvalue weighted by Crippen LogP contribution is 2.31. The summed E-state index contributed by atoms with van der Waals surface area (Å²) in [6.07, 6.45) is 1.72. The summed E-state index contributed by atoms with van der Waals surface area (Å²) in [6.45, 7) is 2.50. The Kier molecular flexibility index (Phi) is 6.15. The molecule has 0 aliphatic carbocycles. The van der Waals surface area contributed by atoms with Crippen molar-refractivity contribution in [3.63, 3.8) is 0 Å². The molecule has 1 aliphatic rings. The van der Waals surface area contributed by atoms with Gasteiger partial charge >= 0.3 is 0 Å². The minimum Gasteiger partial charge on any atom is -0.494 e. The predicted octanol–water partition coefficient (Wildman–Crippen LogP) is 4.28. The maximum atomic E-state index is 12.6. The molecule has 1 N–H and O–H groups in total. The van der Waals surface area contributed by atoms with E-state index in [-0.39, 0.29) is 10.2 Å². The van der Waals surface area contributed by atoms with Gasteiger partial charge in [-0.15, -0.1) is 0 Å². The molecular weight excluding hydrogens is 404 g/mol. The minimum absolute atomic E-state index is 0.257. The van der Waals surface area contributed by atoms with Crippen molar-refractivity contribution in [1.29, 1.82) is 0 Å². The third kappa shape index (κ3) is 4.68. The summed E-state index contributed by atoms with van der Waals surface area (Å²) < 4.78 is 5.66. The van der Waals surface area contributed by atoms with Gasteiger partial charge in [0.25, 0.3) is 11.8 Å². The van der Waals surface area contributed by atoms with E-state index in [1.54, 1.807) is 24.3 Å². The van der Waals surface area contributed by atoms with Crippen LogP contribution in [0.4, 0.5) is 0 Å². The van der Waals surface area contributed by atoms with E-state index in [1.807, 2.05) is 31.2 Å². The highest BCUT2D eigenvalue weighted by Gasteiger charge is 2.33. The zero-order valence-electron chi connectivity index (χ0n) is 14.3. The fourth-order valence-electron chi connectivity index (χ4n) is 2.34. The SMILES string of the molecule is CCOc1ccc(/C=C2\SC(=S)N(NC(=O)c3cccc(Cl)c3)C2=O)cc1. The first-order valence-electron chi connectivity index (χ1n) is 8.05. The second kappa shape index (κ2) is 8.56. The standard InChI is InChI=1S/C19H15ClN2O3S2/c1-2-25-15-8-6-12(7-9-15)10-16-18(24)22(19(26)27-16)21-17(23)13-4-3-5-14(20)11-13/h3-11H,2H2,1H3,(H,21,23)/b16-10-. The van der Waals surface area contributed by atoms with Crippen LogP contribution in [0.5, 0.6) is 5.75 Å². The number of amides is 2. The normalized spacial score (nSPS) is 15.3. The van der Waals surface area contributed by atoms with E-state index in [4.69, 9.17) is 28.6 Å². The van der Waals surface area contributed by atoms with Crippen LogP contribution in [0.15, 0.2) is 53.4 Å². The lowest BCUT2D eigenvalue weighted by Crippen LogP contribution is -2.44. The van der Waals surface area contributed by atoms with E-state index in [9.17, 15) is 9.59 Å². The molecule has 2 aromatic rings. The van der Waals surface area contributed by atoms with Gasteiger partial charge in [-0.2, -0.15) is 5.01 Å². The van der Waals surface area contributed by atoms with Crippen LogP contribution in [0.3, 0.4) is 0 Å². The smallest absolute Gasteiger partial charge is 0.285 e. The molecule has 1 heterocycles. The van der Waals surface area contributed by atoms with Gasteiger partial charge in [0.05, 0.1) is 11.5 Å². The molecule has 0 unspecified atom stereocenters. The van der Waals surface area contributed by atoms with E-state index in [2.05, 4.69) is 5.43 Å². The molecule has 0 radical (unpaired) electrons. The number of hydrazine groups is 1. The topological polar surface area (TPSA) is 58.6 Å². The molecule has 27 heavy (non-hydrogen) atoms. The Balaban J connectivity index is 1.73. The second-order valence-electron chi connectivity index (χ2n) is 5.47. The largest absolute Gasteiger partial charge is 0.494 e. The number of nitrogens with one attached hydrogen (secondary N) is 1. The van der Waals surface area contributed by atoms with Gasteiger partial charge < -0.3 is 4.74 Å². The molecule has 1 aliphatic heterocycles. The van der Waals surface area contributed by atoms with Crippen molar-refractivity contribution in [2.24, 2.45) is 0 Å². The molecule has 2 aromatic carbocycles. The summed E-state index contributed by atoms with van der Waals surface area (Å²) in [6, 6.07) is 13.8. The van der Waals surface area contributed by atoms with Crippen molar-refractivity contribution in [2.75, 3.05) is 6.61 Å². The molecule has 0 aromatic heterocycles.